The number of nitrogens with zero attached hydrogens (tertiary/aromatic N) is 1. The van der Waals surface area contributed by atoms with Gasteiger partial charge in [0.15, 0.2) is 0 Å². The number of hydrogen-bond acceptors (Lipinski definition) is 4. The van der Waals surface area contributed by atoms with E-state index in [9.17, 15) is 0 Å². The van der Waals surface area contributed by atoms with E-state index in [0.29, 0.717) is 22.6 Å². The number of nitrogens with one attached hydrogen (secondary N) is 1. The van der Waals surface area contributed by atoms with Gasteiger partial charge >= 0.3 is 0 Å². The van der Waals surface area contributed by atoms with Gasteiger partial charge in [0.1, 0.15) is 11.0 Å². The zero-order valence-corrected chi connectivity index (χ0v) is 9.04. The first-order valence-corrected chi connectivity index (χ1v) is 5.36. The molecule has 1 aromatic rings. The molecule has 5 heteroatoms. The predicted molar refractivity (Wildman–Crippen MR) is 60.9 cm³/mol. The Balaban J connectivity index is 1.88. The number of aliphatic hydroxyl groups is 1. The van der Waals surface area contributed by atoms with Gasteiger partial charge in [-0.3, -0.25) is 0 Å². The first kappa shape index (κ1) is 10.5. The number of rotatable bonds is 3. The van der Waals surface area contributed by atoms with E-state index in [1.165, 1.54) is 0 Å². The molecular formula is C10H14ClN3O. The number of anilines is 2. The van der Waals surface area contributed by atoms with Crippen LogP contribution in [-0.4, -0.2) is 22.7 Å². The lowest BCUT2D eigenvalue weighted by molar-refractivity contribution is 0.0486. The summed E-state index contributed by atoms with van der Waals surface area (Å²) in [5.74, 6) is 1.23. The SMILES string of the molecule is Nc1cc(Cl)nc(NCC2CC(O)C2)c1. The maximum absolute atomic E-state index is 9.12. The van der Waals surface area contributed by atoms with Gasteiger partial charge in [-0.1, -0.05) is 11.6 Å². The molecule has 1 saturated carbocycles. The van der Waals surface area contributed by atoms with Crippen LogP contribution < -0.4 is 11.1 Å². The van der Waals surface area contributed by atoms with Gasteiger partial charge in [-0.25, -0.2) is 4.98 Å². The van der Waals surface area contributed by atoms with E-state index >= 15 is 0 Å². The molecule has 0 saturated heterocycles. The summed E-state index contributed by atoms with van der Waals surface area (Å²) >= 11 is 5.77. The van der Waals surface area contributed by atoms with Crippen molar-refractivity contribution in [1.82, 2.24) is 4.98 Å². The normalized spacial score (nSPS) is 24.7. The number of nitrogen functional groups attached to an aromatic ring is 1. The van der Waals surface area contributed by atoms with Crippen molar-refractivity contribution >= 4 is 23.1 Å². The largest absolute Gasteiger partial charge is 0.399 e. The molecule has 1 aliphatic rings. The minimum atomic E-state index is -0.116. The molecule has 1 fully saturated rings. The molecule has 0 radical (unpaired) electrons. The third-order valence-corrected chi connectivity index (χ3v) is 2.79. The van der Waals surface area contributed by atoms with E-state index in [1.54, 1.807) is 12.1 Å². The van der Waals surface area contributed by atoms with Crippen LogP contribution in [0.4, 0.5) is 11.5 Å². The van der Waals surface area contributed by atoms with E-state index in [4.69, 9.17) is 22.4 Å². The molecule has 15 heavy (non-hydrogen) atoms. The van der Waals surface area contributed by atoms with Crippen LogP contribution in [0, 0.1) is 5.92 Å². The average Bonchev–Trinajstić information content (AvgIpc) is 2.09. The second kappa shape index (κ2) is 4.24. The second-order valence-corrected chi connectivity index (χ2v) is 4.37. The van der Waals surface area contributed by atoms with Crippen molar-refractivity contribution in [3.63, 3.8) is 0 Å². The topological polar surface area (TPSA) is 71.2 Å². The highest BCUT2D eigenvalue weighted by Crippen LogP contribution is 2.27. The monoisotopic (exact) mass is 227 g/mol. The van der Waals surface area contributed by atoms with Crippen LogP contribution in [-0.2, 0) is 0 Å². The summed E-state index contributed by atoms with van der Waals surface area (Å²) in [6, 6.07) is 3.36. The summed E-state index contributed by atoms with van der Waals surface area (Å²) in [6.07, 6.45) is 1.61. The summed E-state index contributed by atoms with van der Waals surface area (Å²) in [5, 5.41) is 12.7. The lowest BCUT2D eigenvalue weighted by atomic mass is 9.82. The Labute approximate surface area is 93.5 Å². The third-order valence-electron chi connectivity index (χ3n) is 2.60. The van der Waals surface area contributed by atoms with Gasteiger partial charge in [0.05, 0.1) is 6.10 Å². The zero-order chi connectivity index (χ0) is 10.8. The van der Waals surface area contributed by atoms with Crippen LogP contribution in [0.2, 0.25) is 5.15 Å². The number of aromatic nitrogens is 1. The van der Waals surface area contributed by atoms with E-state index in [2.05, 4.69) is 10.3 Å². The van der Waals surface area contributed by atoms with Crippen LogP contribution in [0.5, 0.6) is 0 Å². The molecule has 1 aromatic heterocycles. The van der Waals surface area contributed by atoms with Crippen LogP contribution in [0.1, 0.15) is 12.8 Å². The number of halogens is 1. The molecule has 4 N–H and O–H groups in total. The lowest BCUT2D eigenvalue weighted by Gasteiger charge is -2.31. The molecule has 4 nitrogen and oxygen atoms in total. The molecule has 0 unspecified atom stereocenters. The smallest absolute Gasteiger partial charge is 0.133 e. The van der Waals surface area contributed by atoms with Crippen molar-refractivity contribution in [2.75, 3.05) is 17.6 Å². The van der Waals surface area contributed by atoms with Gasteiger partial charge in [-0.15, -0.1) is 0 Å². The van der Waals surface area contributed by atoms with Crippen molar-refractivity contribution < 1.29 is 5.11 Å². The highest BCUT2D eigenvalue weighted by molar-refractivity contribution is 6.29. The summed E-state index contributed by atoms with van der Waals surface area (Å²) < 4.78 is 0. The average molecular weight is 228 g/mol. The standard InChI is InChI=1S/C10H14ClN3O/c11-9-3-7(12)4-10(14-9)13-5-6-1-8(15)2-6/h3-4,6,8,15H,1-2,5H2,(H3,12,13,14). The van der Waals surface area contributed by atoms with Crippen molar-refractivity contribution in [3.05, 3.63) is 17.3 Å². The minimum Gasteiger partial charge on any atom is -0.399 e. The Hall–Kier alpha value is -1.00. The molecule has 0 spiro atoms. The molecule has 0 amide bonds. The molecule has 0 aliphatic heterocycles. The fourth-order valence-corrected chi connectivity index (χ4v) is 1.94. The van der Waals surface area contributed by atoms with E-state index in [0.717, 1.165) is 19.4 Å². The Morgan fingerprint density at radius 2 is 2.27 bits per heavy atom. The Bertz CT molecular complexity index is 332. The first-order chi connectivity index (χ1) is 7.13. The van der Waals surface area contributed by atoms with E-state index < -0.39 is 0 Å². The summed E-state index contributed by atoms with van der Waals surface area (Å²) in [5.41, 5.74) is 6.23. The van der Waals surface area contributed by atoms with Gasteiger partial charge in [0, 0.05) is 18.3 Å². The van der Waals surface area contributed by atoms with E-state index in [-0.39, 0.29) is 6.10 Å². The maximum atomic E-state index is 9.12. The highest BCUT2D eigenvalue weighted by Gasteiger charge is 2.26. The molecule has 0 atom stereocenters. The van der Waals surface area contributed by atoms with Crippen molar-refractivity contribution in [3.8, 4) is 0 Å². The molecule has 1 heterocycles. The quantitative estimate of drug-likeness (QED) is 0.685. The molecule has 0 bridgehead atoms. The molecule has 82 valence electrons. The number of hydrogen-bond donors (Lipinski definition) is 3. The van der Waals surface area contributed by atoms with Crippen LogP contribution in [0.3, 0.4) is 0 Å². The molecule has 2 rings (SSSR count). The maximum Gasteiger partial charge on any atom is 0.133 e. The fourth-order valence-electron chi connectivity index (χ4n) is 1.72. The Kier molecular flexibility index (Phi) is 2.98. The fraction of sp³-hybridized carbons (Fsp3) is 0.500. The minimum absolute atomic E-state index is 0.116. The highest BCUT2D eigenvalue weighted by atomic mass is 35.5. The van der Waals surface area contributed by atoms with E-state index in [1.807, 2.05) is 0 Å². The van der Waals surface area contributed by atoms with Gasteiger partial charge in [-0.2, -0.15) is 0 Å². The van der Waals surface area contributed by atoms with Crippen LogP contribution in [0.15, 0.2) is 12.1 Å². The second-order valence-electron chi connectivity index (χ2n) is 3.98. The van der Waals surface area contributed by atoms with Crippen LogP contribution in [0.25, 0.3) is 0 Å². The Morgan fingerprint density at radius 1 is 1.53 bits per heavy atom. The number of pyridine rings is 1. The van der Waals surface area contributed by atoms with Gasteiger partial charge in [0.25, 0.3) is 0 Å². The van der Waals surface area contributed by atoms with Gasteiger partial charge in [-0.05, 0) is 24.8 Å². The zero-order valence-electron chi connectivity index (χ0n) is 8.28. The molecule has 1 aliphatic carbocycles. The predicted octanol–water partition coefficient (Wildman–Crippen LogP) is 1.50. The van der Waals surface area contributed by atoms with Crippen molar-refractivity contribution in [1.29, 1.82) is 0 Å². The lowest BCUT2D eigenvalue weighted by Crippen LogP contribution is -2.33. The summed E-state index contributed by atoms with van der Waals surface area (Å²) in [4.78, 5) is 4.10. The number of nitrogens with two attached hydrogens (primary N) is 1. The molecule has 0 aromatic carbocycles. The van der Waals surface area contributed by atoms with Crippen LogP contribution >= 0.6 is 11.6 Å². The third kappa shape index (κ3) is 2.73. The van der Waals surface area contributed by atoms with Crippen molar-refractivity contribution in [2.45, 2.75) is 18.9 Å². The molecular weight excluding hydrogens is 214 g/mol. The summed E-state index contributed by atoms with van der Waals surface area (Å²) in [7, 11) is 0. The first-order valence-electron chi connectivity index (χ1n) is 4.98. The van der Waals surface area contributed by atoms with Gasteiger partial charge in [0.2, 0.25) is 0 Å². The van der Waals surface area contributed by atoms with Gasteiger partial charge < -0.3 is 16.2 Å². The summed E-state index contributed by atoms with van der Waals surface area (Å²) in [6.45, 7) is 0.809. The Morgan fingerprint density at radius 3 is 2.87 bits per heavy atom. The number of aliphatic hydroxyl groups excluding tert-OH is 1. The van der Waals surface area contributed by atoms with Crippen molar-refractivity contribution in [2.24, 2.45) is 5.92 Å².